The van der Waals surface area contributed by atoms with Crippen molar-refractivity contribution in [2.45, 2.75) is 13.8 Å². The van der Waals surface area contributed by atoms with Gasteiger partial charge in [0.05, 0.1) is 12.0 Å². The van der Waals surface area contributed by atoms with Crippen molar-refractivity contribution in [1.82, 2.24) is 0 Å². The molecule has 0 saturated carbocycles. The average Bonchev–Trinajstić information content (AvgIpc) is 2.05. The largest absolute Gasteiger partial charge is 0.430 e. The van der Waals surface area contributed by atoms with E-state index in [2.05, 4.69) is 9.47 Å². The number of hydrogen-bond acceptors (Lipinski definition) is 5. The summed E-state index contributed by atoms with van der Waals surface area (Å²) in [5, 5.41) is 8.71. The zero-order valence-electron chi connectivity index (χ0n) is 7.07. The Morgan fingerprint density at radius 1 is 1.58 bits per heavy atom. The molecule has 0 radical (unpaired) electrons. The van der Waals surface area contributed by atoms with Gasteiger partial charge in [-0.2, -0.15) is 0 Å². The van der Waals surface area contributed by atoms with Crippen LogP contribution in [-0.4, -0.2) is 30.9 Å². The second-order valence-electron chi connectivity index (χ2n) is 2.85. The average molecular weight is 176 g/mol. The maximum Gasteiger partial charge on any atom is 0.316 e. The highest BCUT2D eigenvalue weighted by molar-refractivity contribution is 5.75. The fourth-order valence-electron chi connectivity index (χ4n) is 0.375. The lowest BCUT2D eigenvalue weighted by atomic mass is 9.95. The molecule has 0 fully saturated rings. The van der Waals surface area contributed by atoms with Gasteiger partial charge in [0.2, 0.25) is 6.79 Å². The minimum absolute atomic E-state index is 0.180. The van der Waals surface area contributed by atoms with Gasteiger partial charge >= 0.3 is 5.97 Å². The molecule has 5 nitrogen and oxygen atoms in total. The van der Waals surface area contributed by atoms with E-state index >= 15 is 0 Å². The van der Waals surface area contributed by atoms with Crippen LogP contribution in [0.5, 0.6) is 0 Å². The number of ether oxygens (including phenoxy) is 2. The third-order valence-electron chi connectivity index (χ3n) is 1.27. The van der Waals surface area contributed by atoms with E-state index in [1.165, 1.54) is 13.8 Å². The van der Waals surface area contributed by atoms with Crippen LogP contribution in [0.25, 0.3) is 0 Å². The van der Waals surface area contributed by atoms with E-state index in [4.69, 9.17) is 5.11 Å². The SMILES string of the molecule is CC(C)(CO)C(=O)OCOC=O. The summed E-state index contributed by atoms with van der Waals surface area (Å²) in [5.41, 5.74) is -0.952. The van der Waals surface area contributed by atoms with E-state index in [9.17, 15) is 9.59 Å². The molecular formula is C7H12O5. The Labute approximate surface area is 70.3 Å². The van der Waals surface area contributed by atoms with Crippen molar-refractivity contribution in [2.75, 3.05) is 13.4 Å². The molecule has 0 aromatic heterocycles. The number of carbonyl (C=O) groups excluding carboxylic acids is 2. The second kappa shape index (κ2) is 4.71. The molecule has 0 aliphatic rings. The molecule has 5 heteroatoms. The zero-order chi connectivity index (χ0) is 9.61. The van der Waals surface area contributed by atoms with Gasteiger partial charge in [0.25, 0.3) is 6.47 Å². The van der Waals surface area contributed by atoms with Crippen molar-refractivity contribution in [3.8, 4) is 0 Å². The molecule has 0 aliphatic carbocycles. The molecule has 0 aromatic rings. The van der Waals surface area contributed by atoms with E-state index in [1.807, 2.05) is 0 Å². The predicted molar refractivity (Wildman–Crippen MR) is 39.0 cm³/mol. The van der Waals surface area contributed by atoms with Crippen molar-refractivity contribution < 1.29 is 24.2 Å². The molecule has 0 rings (SSSR count). The molecule has 0 bridgehead atoms. The first-order valence-electron chi connectivity index (χ1n) is 3.38. The molecule has 0 unspecified atom stereocenters. The number of rotatable bonds is 5. The number of hydrogen-bond donors (Lipinski definition) is 1. The summed E-state index contributed by atoms with van der Waals surface area (Å²) in [6, 6.07) is 0. The van der Waals surface area contributed by atoms with Gasteiger partial charge in [-0.15, -0.1) is 0 Å². The number of aliphatic hydroxyl groups excluding tert-OH is 1. The van der Waals surface area contributed by atoms with Crippen LogP contribution in [-0.2, 0) is 19.1 Å². The van der Waals surface area contributed by atoms with E-state index in [0.717, 1.165) is 0 Å². The van der Waals surface area contributed by atoms with Crippen molar-refractivity contribution in [3.63, 3.8) is 0 Å². The second-order valence-corrected chi connectivity index (χ2v) is 2.85. The maximum absolute atomic E-state index is 11.0. The van der Waals surface area contributed by atoms with E-state index in [0.29, 0.717) is 0 Å². The van der Waals surface area contributed by atoms with E-state index in [-0.39, 0.29) is 13.1 Å². The molecule has 12 heavy (non-hydrogen) atoms. The summed E-state index contributed by atoms with van der Waals surface area (Å²) in [6.07, 6.45) is 0. The van der Waals surface area contributed by atoms with Crippen LogP contribution >= 0.6 is 0 Å². The van der Waals surface area contributed by atoms with Crippen molar-refractivity contribution in [2.24, 2.45) is 5.41 Å². The first-order valence-corrected chi connectivity index (χ1v) is 3.38. The lowest BCUT2D eigenvalue weighted by molar-refractivity contribution is -0.170. The molecule has 0 spiro atoms. The zero-order valence-corrected chi connectivity index (χ0v) is 7.07. The van der Waals surface area contributed by atoms with Gasteiger partial charge in [0, 0.05) is 0 Å². The highest BCUT2D eigenvalue weighted by Crippen LogP contribution is 2.15. The van der Waals surface area contributed by atoms with E-state index < -0.39 is 18.2 Å². The first-order chi connectivity index (χ1) is 5.54. The Hall–Kier alpha value is -1.10. The van der Waals surface area contributed by atoms with Crippen molar-refractivity contribution in [1.29, 1.82) is 0 Å². The van der Waals surface area contributed by atoms with Gasteiger partial charge in [-0.1, -0.05) is 0 Å². The Bertz CT molecular complexity index is 163. The monoisotopic (exact) mass is 176 g/mol. The summed E-state index contributed by atoms with van der Waals surface area (Å²) in [5.74, 6) is -0.605. The Morgan fingerprint density at radius 3 is 2.58 bits per heavy atom. The van der Waals surface area contributed by atoms with Crippen molar-refractivity contribution >= 4 is 12.4 Å². The summed E-state index contributed by atoms with van der Waals surface area (Å²) < 4.78 is 8.62. The van der Waals surface area contributed by atoms with Crippen LogP contribution in [0.2, 0.25) is 0 Å². The van der Waals surface area contributed by atoms with Gasteiger partial charge in [0.15, 0.2) is 0 Å². The molecule has 1 N–H and O–H groups in total. The number of carbonyl (C=O) groups is 2. The molecule has 70 valence electrons. The Kier molecular flexibility index (Phi) is 4.28. The van der Waals surface area contributed by atoms with Crippen LogP contribution in [0.1, 0.15) is 13.8 Å². The highest BCUT2D eigenvalue weighted by atomic mass is 16.7. The molecule has 0 saturated heterocycles. The lowest BCUT2D eigenvalue weighted by Gasteiger charge is -2.18. The fraction of sp³-hybridized carbons (Fsp3) is 0.714. The number of esters is 1. The van der Waals surface area contributed by atoms with Crippen LogP contribution in [0.15, 0.2) is 0 Å². The standard InChI is InChI=1S/C7H12O5/c1-7(2,3-8)6(10)12-5-11-4-9/h4,8H,3,5H2,1-2H3. The molecule has 0 amide bonds. The topological polar surface area (TPSA) is 72.8 Å². The lowest BCUT2D eigenvalue weighted by Crippen LogP contribution is -2.30. The van der Waals surface area contributed by atoms with E-state index in [1.54, 1.807) is 0 Å². The molecular weight excluding hydrogens is 164 g/mol. The summed E-state index contributed by atoms with van der Waals surface area (Å²) in [6.45, 7) is 2.50. The quantitative estimate of drug-likeness (QED) is 0.269. The van der Waals surface area contributed by atoms with Crippen LogP contribution in [0, 0.1) is 5.41 Å². The minimum Gasteiger partial charge on any atom is -0.430 e. The first kappa shape index (κ1) is 10.9. The molecule has 0 heterocycles. The van der Waals surface area contributed by atoms with Gasteiger partial charge in [0.1, 0.15) is 0 Å². The van der Waals surface area contributed by atoms with Crippen LogP contribution in [0.3, 0.4) is 0 Å². The third-order valence-corrected chi connectivity index (χ3v) is 1.27. The fourth-order valence-corrected chi connectivity index (χ4v) is 0.375. The van der Waals surface area contributed by atoms with Gasteiger partial charge in [-0.25, -0.2) is 0 Å². The van der Waals surface area contributed by atoms with Crippen molar-refractivity contribution in [3.05, 3.63) is 0 Å². The predicted octanol–water partition coefficient (Wildman–Crippen LogP) is -0.321. The van der Waals surface area contributed by atoms with Crippen LogP contribution < -0.4 is 0 Å². The molecule has 0 aliphatic heterocycles. The maximum atomic E-state index is 11.0. The van der Waals surface area contributed by atoms with Gasteiger partial charge in [-0.3, -0.25) is 9.59 Å². The normalized spacial score (nSPS) is 10.6. The summed E-state index contributed by atoms with van der Waals surface area (Å²) in [4.78, 5) is 20.6. The van der Waals surface area contributed by atoms with Crippen LogP contribution in [0.4, 0.5) is 0 Å². The summed E-state index contributed by atoms with van der Waals surface area (Å²) >= 11 is 0. The minimum atomic E-state index is -0.952. The number of aliphatic hydroxyl groups is 1. The Morgan fingerprint density at radius 2 is 2.17 bits per heavy atom. The van der Waals surface area contributed by atoms with Gasteiger partial charge < -0.3 is 14.6 Å². The Balaban J connectivity index is 3.79. The highest BCUT2D eigenvalue weighted by Gasteiger charge is 2.28. The third kappa shape index (κ3) is 3.34. The summed E-state index contributed by atoms with van der Waals surface area (Å²) in [7, 11) is 0. The molecule has 0 atom stereocenters. The molecule has 0 aromatic carbocycles. The smallest absolute Gasteiger partial charge is 0.316 e. The van der Waals surface area contributed by atoms with Gasteiger partial charge in [-0.05, 0) is 13.8 Å².